The Labute approximate surface area is 162 Å². The van der Waals surface area contributed by atoms with Gasteiger partial charge < -0.3 is 0 Å². The molecule has 0 N–H and O–H groups in total. The monoisotopic (exact) mass is 370 g/mol. The predicted octanol–water partition coefficient (Wildman–Crippen LogP) is 7.04. The van der Waals surface area contributed by atoms with Crippen LogP contribution in [0.1, 0.15) is 30.9 Å². The van der Waals surface area contributed by atoms with E-state index in [1.807, 2.05) is 24.3 Å². The van der Waals surface area contributed by atoms with Crippen LogP contribution >= 0.6 is 0 Å². The lowest BCUT2D eigenvalue weighted by atomic mass is 9.80. The lowest BCUT2D eigenvalue weighted by molar-refractivity contribution is -0.113. The molecule has 0 aliphatic heterocycles. The van der Waals surface area contributed by atoms with Gasteiger partial charge in [-0.2, -0.15) is 0 Å². The van der Waals surface area contributed by atoms with E-state index in [1.54, 1.807) is 36.4 Å². The van der Waals surface area contributed by atoms with Gasteiger partial charge in [-0.15, -0.1) is 0 Å². The molecule has 1 fully saturated rings. The molecule has 7 heteroatoms. The minimum absolute atomic E-state index is 0.0374. The van der Waals surface area contributed by atoms with Crippen LogP contribution < -0.4 is 0 Å². The van der Waals surface area contributed by atoms with Crippen LogP contribution in [-0.2, 0) is 4.79 Å². The van der Waals surface area contributed by atoms with Crippen LogP contribution in [0.25, 0.3) is 33.0 Å². The maximum Gasteiger partial charge on any atom is 0.185 e. The van der Waals surface area contributed by atoms with Crippen LogP contribution in [0, 0.1) is 5.92 Å². The zero-order chi connectivity index (χ0) is 19.9. The second kappa shape index (κ2) is 8.73. The highest BCUT2D eigenvalue weighted by molar-refractivity contribution is 6.14. The van der Waals surface area contributed by atoms with Crippen molar-refractivity contribution >= 4 is 29.3 Å². The molecule has 2 aromatic carbocycles. The minimum atomic E-state index is -0.0374. The molecule has 28 heavy (non-hydrogen) atoms. The first kappa shape index (κ1) is 19.0. The molecule has 1 aliphatic carbocycles. The average Bonchev–Trinajstić information content (AvgIpc) is 2.69. The Morgan fingerprint density at radius 3 is 1.71 bits per heavy atom. The largest absolute Gasteiger partial charge is 0.289 e. The number of hydrogen-bond donors (Lipinski definition) is 0. The summed E-state index contributed by atoms with van der Waals surface area (Å²) in [6, 6.07) is 14.3. The molecule has 0 heterocycles. The molecular formula is C21H18N6O. The summed E-state index contributed by atoms with van der Waals surface area (Å²) in [4.78, 5) is 18.8. The first-order chi connectivity index (χ1) is 13.6. The summed E-state index contributed by atoms with van der Waals surface area (Å²) < 4.78 is 0. The number of Topliss-reactive ketones (excluding diaryl/α,β-unsaturated/α-hetero) is 1. The van der Waals surface area contributed by atoms with Gasteiger partial charge in [-0.1, -0.05) is 65.7 Å². The fraction of sp³-hybridized carbons (Fsp3) is 0.190. The zero-order valence-corrected chi connectivity index (χ0v) is 15.4. The molecule has 1 aliphatic rings. The smallest absolute Gasteiger partial charge is 0.185 e. The Bertz CT molecular complexity index is 988. The van der Waals surface area contributed by atoms with Crippen molar-refractivity contribution in [2.75, 3.05) is 0 Å². The van der Waals surface area contributed by atoms with Crippen molar-refractivity contribution in [3.8, 4) is 0 Å². The molecule has 0 saturated heterocycles. The van der Waals surface area contributed by atoms with E-state index in [4.69, 9.17) is 11.1 Å². The molecule has 0 aromatic heterocycles. The lowest BCUT2D eigenvalue weighted by Gasteiger charge is -2.23. The van der Waals surface area contributed by atoms with Gasteiger partial charge in [0.1, 0.15) is 0 Å². The number of ketones is 1. The van der Waals surface area contributed by atoms with E-state index < -0.39 is 0 Å². The van der Waals surface area contributed by atoms with Crippen LogP contribution in [0.3, 0.4) is 0 Å². The van der Waals surface area contributed by atoms with Gasteiger partial charge in [0.15, 0.2) is 5.78 Å². The number of allylic oxidation sites excluding steroid dienone is 2. The van der Waals surface area contributed by atoms with Gasteiger partial charge in [0, 0.05) is 32.3 Å². The Morgan fingerprint density at radius 1 is 0.857 bits per heavy atom. The summed E-state index contributed by atoms with van der Waals surface area (Å²) in [6.07, 6.45) is 4.90. The highest BCUT2D eigenvalue weighted by Crippen LogP contribution is 2.34. The number of benzene rings is 2. The molecule has 0 radical (unpaired) electrons. The fourth-order valence-electron chi connectivity index (χ4n) is 3.34. The normalized spacial score (nSPS) is 19.2. The van der Waals surface area contributed by atoms with E-state index in [-0.39, 0.29) is 11.7 Å². The van der Waals surface area contributed by atoms with Gasteiger partial charge in [0.05, 0.1) is 0 Å². The van der Waals surface area contributed by atoms with Crippen LogP contribution in [0.2, 0.25) is 0 Å². The van der Waals surface area contributed by atoms with E-state index in [0.29, 0.717) is 46.5 Å². The number of rotatable bonds is 4. The Hall–Kier alpha value is -3.79. The molecule has 138 valence electrons. The Morgan fingerprint density at radius 2 is 1.29 bits per heavy atom. The van der Waals surface area contributed by atoms with Crippen molar-refractivity contribution < 1.29 is 4.79 Å². The van der Waals surface area contributed by atoms with Gasteiger partial charge in [-0.25, -0.2) is 0 Å². The van der Waals surface area contributed by atoms with Gasteiger partial charge in [-0.05, 0) is 53.1 Å². The number of carbonyl (C=O) groups excluding carboxylic acids is 1. The zero-order valence-electron chi connectivity index (χ0n) is 15.4. The van der Waals surface area contributed by atoms with Crippen LogP contribution in [-0.4, -0.2) is 5.78 Å². The van der Waals surface area contributed by atoms with Gasteiger partial charge in [0.25, 0.3) is 0 Å². The van der Waals surface area contributed by atoms with Gasteiger partial charge in [-0.3, -0.25) is 4.79 Å². The summed E-state index contributed by atoms with van der Waals surface area (Å²) >= 11 is 0. The second-order valence-electron chi connectivity index (χ2n) is 6.68. The molecule has 0 bridgehead atoms. The Balaban J connectivity index is 2.03. The molecule has 0 amide bonds. The van der Waals surface area contributed by atoms with Crippen molar-refractivity contribution in [1.29, 1.82) is 0 Å². The summed E-state index contributed by atoms with van der Waals surface area (Å²) in [5.41, 5.74) is 21.2. The maximum atomic E-state index is 13.1. The molecule has 3 rings (SSSR count). The van der Waals surface area contributed by atoms with Gasteiger partial charge >= 0.3 is 0 Å². The lowest BCUT2D eigenvalue weighted by Crippen LogP contribution is -2.18. The summed E-state index contributed by atoms with van der Waals surface area (Å²) in [5.74, 6) is 0.248. The topological polar surface area (TPSA) is 115 Å². The van der Waals surface area contributed by atoms with E-state index in [2.05, 4.69) is 27.0 Å². The number of hydrogen-bond acceptors (Lipinski definition) is 3. The van der Waals surface area contributed by atoms with Crippen molar-refractivity contribution in [2.45, 2.75) is 19.8 Å². The summed E-state index contributed by atoms with van der Waals surface area (Å²) in [6.45, 7) is 2.09. The van der Waals surface area contributed by atoms with E-state index in [1.165, 1.54) is 0 Å². The summed E-state index contributed by atoms with van der Waals surface area (Å²) in [5, 5.41) is 7.40. The predicted molar refractivity (Wildman–Crippen MR) is 110 cm³/mol. The van der Waals surface area contributed by atoms with Gasteiger partial charge in [0.2, 0.25) is 0 Å². The van der Waals surface area contributed by atoms with Crippen molar-refractivity contribution in [3.63, 3.8) is 0 Å². The second-order valence-corrected chi connectivity index (χ2v) is 6.68. The quantitative estimate of drug-likeness (QED) is 0.244. The number of carbonyl (C=O) groups is 1. The van der Waals surface area contributed by atoms with Crippen LogP contribution in [0.5, 0.6) is 0 Å². The molecule has 7 nitrogen and oxygen atoms in total. The van der Waals surface area contributed by atoms with Crippen LogP contribution in [0.15, 0.2) is 69.9 Å². The third-order valence-electron chi connectivity index (χ3n) is 4.56. The first-order valence-corrected chi connectivity index (χ1v) is 8.86. The van der Waals surface area contributed by atoms with E-state index >= 15 is 0 Å². The third kappa shape index (κ3) is 4.30. The average molecular weight is 370 g/mol. The van der Waals surface area contributed by atoms with E-state index in [9.17, 15) is 4.79 Å². The van der Waals surface area contributed by atoms with E-state index in [0.717, 1.165) is 0 Å². The third-order valence-corrected chi connectivity index (χ3v) is 4.56. The molecule has 1 atom stereocenters. The molecule has 0 spiro atoms. The van der Waals surface area contributed by atoms with Crippen LogP contribution in [0.4, 0.5) is 11.4 Å². The molecule has 2 aromatic rings. The maximum absolute atomic E-state index is 13.1. The minimum Gasteiger partial charge on any atom is -0.289 e. The SMILES string of the molecule is CC1C/C(=C/c2ccccc2N=[N+]=[N-])C(=O)/C(=C/c2ccccc2N=[N+]=[N-])C1. The highest BCUT2D eigenvalue weighted by Gasteiger charge is 2.25. The van der Waals surface area contributed by atoms with Crippen molar-refractivity contribution in [1.82, 2.24) is 0 Å². The fourth-order valence-corrected chi connectivity index (χ4v) is 3.34. The molecular weight excluding hydrogens is 352 g/mol. The first-order valence-electron chi connectivity index (χ1n) is 8.86. The number of azide groups is 2. The van der Waals surface area contributed by atoms with Crippen molar-refractivity contribution in [2.24, 2.45) is 16.1 Å². The summed E-state index contributed by atoms with van der Waals surface area (Å²) in [7, 11) is 0. The molecule has 1 unspecified atom stereocenters. The molecule has 1 saturated carbocycles. The highest BCUT2D eigenvalue weighted by atomic mass is 16.1. The Kier molecular flexibility index (Phi) is 5.92. The number of nitrogens with zero attached hydrogens (tertiary/aromatic N) is 6. The standard InChI is InChI=1S/C21H18N6O/c1-14-10-17(12-15-6-2-4-8-19(15)24-26-22)21(28)18(11-14)13-16-7-3-5-9-20(16)25-27-23/h2-9,12-14H,10-11H2,1H3/b17-12-,18-13+. The van der Waals surface area contributed by atoms with Crippen molar-refractivity contribution in [3.05, 3.63) is 91.7 Å².